The highest BCUT2D eigenvalue weighted by atomic mass is 35.5. The van der Waals surface area contributed by atoms with E-state index in [0.717, 1.165) is 52.4 Å². The Bertz CT molecular complexity index is 1240. The number of H-pyrrole nitrogens is 2. The molecular formula is C23H25ClN6O. The van der Waals surface area contributed by atoms with Crippen molar-refractivity contribution in [2.24, 2.45) is 0 Å². The van der Waals surface area contributed by atoms with Gasteiger partial charge in [-0.05, 0) is 48.4 Å². The molecular weight excluding hydrogens is 412 g/mol. The van der Waals surface area contributed by atoms with Crippen molar-refractivity contribution in [3.05, 3.63) is 64.6 Å². The van der Waals surface area contributed by atoms with E-state index in [-0.39, 0.29) is 6.03 Å². The summed E-state index contributed by atoms with van der Waals surface area (Å²) in [5.41, 5.74) is 5.42. The number of aromatic nitrogens is 3. The van der Waals surface area contributed by atoms with Crippen LogP contribution in [0.15, 0.2) is 42.6 Å². The number of nitrogens with zero attached hydrogens (tertiary/aromatic N) is 3. The standard InChI is InChI=1S/C23H25ClN6O/c1-15-2-4-20-21(10-15)28-22(27-20)13-26-23(31)30-8-6-29(7-9-30)14-16-12-25-19-5-3-17(24)11-18(16)19/h2-5,10-12,25H,6-9,13-14H2,1H3,(H,26,31)(H,27,28). The fourth-order valence-corrected chi connectivity index (χ4v) is 4.33. The lowest BCUT2D eigenvalue weighted by Gasteiger charge is -2.34. The third-order valence-corrected chi connectivity index (χ3v) is 6.11. The van der Waals surface area contributed by atoms with Crippen LogP contribution < -0.4 is 5.32 Å². The Balaban J connectivity index is 1.14. The van der Waals surface area contributed by atoms with Crippen molar-refractivity contribution < 1.29 is 4.79 Å². The fourth-order valence-electron chi connectivity index (χ4n) is 4.16. The molecule has 7 nitrogen and oxygen atoms in total. The molecule has 2 aromatic heterocycles. The average molecular weight is 437 g/mol. The van der Waals surface area contributed by atoms with Crippen LogP contribution in [0.1, 0.15) is 17.0 Å². The summed E-state index contributed by atoms with van der Waals surface area (Å²) in [7, 11) is 0. The van der Waals surface area contributed by atoms with Crippen LogP contribution in [0.4, 0.5) is 4.79 Å². The number of amides is 2. The monoisotopic (exact) mass is 436 g/mol. The van der Waals surface area contributed by atoms with Gasteiger partial charge >= 0.3 is 6.03 Å². The highest BCUT2D eigenvalue weighted by molar-refractivity contribution is 6.31. The van der Waals surface area contributed by atoms with Crippen LogP contribution in [0.3, 0.4) is 0 Å². The number of imidazole rings is 1. The third-order valence-electron chi connectivity index (χ3n) is 5.88. The minimum atomic E-state index is -0.0461. The Morgan fingerprint density at radius 1 is 1.13 bits per heavy atom. The van der Waals surface area contributed by atoms with Gasteiger partial charge in [-0.2, -0.15) is 0 Å². The molecule has 0 saturated carbocycles. The zero-order valence-electron chi connectivity index (χ0n) is 17.4. The van der Waals surface area contributed by atoms with Gasteiger partial charge in [0.2, 0.25) is 0 Å². The summed E-state index contributed by atoms with van der Waals surface area (Å²) in [6.45, 7) is 6.36. The van der Waals surface area contributed by atoms with Gasteiger partial charge < -0.3 is 20.2 Å². The smallest absolute Gasteiger partial charge is 0.317 e. The molecule has 5 rings (SSSR count). The fraction of sp³-hybridized carbons (Fsp3) is 0.304. The number of benzene rings is 2. The second kappa shape index (κ2) is 8.24. The summed E-state index contributed by atoms with van der Waals surface area (Å²) in [5.74, 6) is 0.769. The van der Waals surface area contributed by atoms with Crippen LogP contribution in [0.2, 0.25) is 5.02 Å². The topological polar surface area (TPSA) is 80.1 Å². The van der Waals surface area contributed by atoms with Gasteiger partial charge in [-0.15, -0.1) is 0 Å². The maximum absolute atomic E-state index is 12.6. The van der Waals surface area contributed by atoms with Crippen molar-refractivity contribution in [1.82, 2.24) is 30.1 Å². The molecule has 0 aliphatic carbocycles. The number of fused-ring (bicyclic) bond motifs is 2. The number of rotatable bonds is 4. The third kappa shape index (κ3) is 4.24. The predicted molar refractivity (Wildman–Crippen MR) is 123 cm³/mol. The molecule has 2 aromatic carbocycles. The molecule has 1 aliphatic heterocycles. The number of aryl methyl sites for hydroxylation is 1. The molecule has 0 atom stereocenters. The highest BCUT2D eigenvalue weighted by Gasteiger charge is 2.22. The molecule has 31 heavy (non-hydrogen) atoms. The second-order valence-electron chi connectivity index (χ2n) is 8.13. The van der Waals surface area contributed by atoms with Gasteiger partial charge in [0.25, 0.3) is 0 Å². The van der Waals surface area contributed by atoms with Gasteiger partial charge in [0.05, 0.1) is 17.6 Å². The highest BCUT2D eigenvalue weighted by Crippen LogP contribution is 2.24. The predicted octanol–water partition coefficient (Wildman–Crippen LogP) is 4.03. The molecule has 160 valence electrons. The number of hydrogen-bond acceptors (Lipinski definition) is 3. The number of piperazine rings is 1. The van der Waals surface area contributed by atoms with Crippen molar-refractivity contribution >= 4 is 39.6 Å². The first-order valence-corrected chi connectivity index (χ1v) is 10.9. The number of hydrogen-bond donors (Lipinski definition) is 3. The van der Waals surface area contributed by atoms with Crippen molar-refractivity contribution in [3.63, 3.8) is 0 Å². The van der Waals surface area contributed by atoms with E-state index in [1.165, 1.54) is 11.1 Å². The van der Waals surface area contributed by atoms with Crippen LogP contribution in [0.5, 0.6) is 0 Å². The van der Waals surface area contributed by atoms with Gasteiger partial charge in [0.1, 0.15) is 5.82 Å². The SMILES string of the molecule is Cc1ccc2nc(CNC(=O)N3CCN(Cc4c[nH]c5ccc(Cl)cc45)CC3)[nH]c2c1. The van der Waals surface area contributed by atoms with Crippen molar-refractivity contribution in [3.8, 4) is 0 Å². The molecule has 0 bridgehead atoms. The Hall–Kier alpha value is -3.03. The van der Waals surface area contributed by atoms with Crippen LogP contribution in [0, 0.1) is 6.92 Å². The molecule has 8 heteroatoms. The second-order valence-corrected chi connectivity index (χ2v) is 8.57. The van der Waals surface area contributed by atoms with E-state index in [2.05, 4.69) is 44.4 Å². The summed E-state index contributed by atoms with van der Waals surface area (Å²) in [5, 5.41) is 4.90. The summed E-state index contributed by atoms with van der Waals surface area (Å²) in [6, 6.07) is 12.0. The molecule has 4 aromatic rings. The first-order chi connectivity index (χ1) is 15.0. The molecule has 1 aliphatic rings. The minimum Gasteiger partial charge on any atom is -0.361 e. The van der Waals surface area contributed by atoms with Crippen LogP contribution in [-0.2, 0) is 13.1 Å². The number of nitrogens with one attached hydrogen (secondary N) is 3. The number of urea groups is 1. The average Bonchev–Trinajstić information content (AvgIpc) is 3.35. The summed E-state index contributed by atoms with van der Waals surface area (Å²) in [4.78, 5) is 28.0. The van der Waals surface area contributed by atoms with Crippen molar-refractivity contribution in [2.45, 2.75) is 20.0 Å². The zero-order chi connectivity index (χ0) is 21.4. The van der Waals surface area contributed by atoms with E-state index in [9.17, 15) is 4.79 Å². The van der Waals surface area contributed by atoms with E-state index in [1.807, 2.05) is 35.2 Å². The van der Waals surface area contributed by atoms with Crippen molar-refractivity contribution in [2.75, 3.05) is 26.2 Å². The number of carbonyl (C=O) groups is 1. The Labute approximate surface area is 185 Å². The van der Waals surface area contributed by atoms with Crippen LogP contribution in [0.25, 0.3) is 21.9 Å². The molecule has 3 N–H and O–H groups in total. The summed E-state index contributed by atoms with van der Waals surface area (Å²) >= 11 is 6.16. The van der Waals surface area contributed by atoms with E-state index < -0.39 is 0 Å². The number of halogens is 1. The largest absolute Gasteiger partial charge is 0.361 e. The molecule has 1 fully saturated rings. The van der Waals surface area contributed by atoms with E-state index in [4.69, 9.17) is 11.6 Å². The zero-order valence-corrected chi connectivity index (χ0v) is 18.2. The molecule has 1 saturated heterocycles. The van der Waals surface area contributed by atoms with Crippen molar-refractivity contribution in [1.29, 1.82) is 0 Å². The Morgan fingerprint density at radius 3 is 2.81 bits per heavy atom. The molecule has 3 heterocycles. The van der Waals surface area contributed by atoms with Gasteiger partial charge in [-0.3, -0.25) is 4.90 Å². The lowest BCUT2D eigenvalue weighted by atomic mass is 10.1. The quantitative estimate of drug-likeness (QED) is 0.451. The lowest BCUT2D eigenvalue weighted by molar-refractivity contribution is 0.135. The number of aromatic amines is 2. The molecule has 0 radical (unpaired) electrons. The van der Waals surface area contributed by atoms with Crippen LogP contribution >= 0.6 is 11.6 Å². The van der Waals surface area contributed by atoms with Gasteiger partial charge in [0, 0.05) is 54.8 Å². The lowest BCUT2D eigenvalue weighted by Crippen LogP contribution is -2.51. The maximum atomic E-state index is 12.6. The van der Waals surface area contributed by atoms with E-state index in [1.54, 1.807) is 0 Å². The summed E-state index contributed by atoms with van der Waals surface area (Å²) < 4.78 is 0. The van der Waals surface area contributed by atoms with E-state index in [0.29, 0.717) is 19.6 Å². The van der Waals surface area contributed by atoms with Gasteiger partial charge in [-0.1, -0.05) is 17.7 Å². The Morgan fingerprint density at radius 2 is 1.97 bits per heavy atom. The molecule has 0 spiro atoms. The first kappa shape index (κ1) is 19.9. The number of carbonyl (C=O) groups excluding carboxylic acids is 1. The van der Waals surface area contributed by atoms with Gasteiger partial charge in [-0.25, -0.2) is 9.78 Å². The molecule has 2 amide bonds. The Kier molecular flexibility index (Phi) is 5.29. The van der Waals surface area contributed by atoms with E-state index >= 15 is 0 Å². The molecule has 0 unspecified atom stereocenters. The first-order valence-electron chi connectivity index (χ1n) is 10.5. The normalized spacial score (nSPS) is 15.1. The maximum Gasteiger partial charge on any atom is 0.317 e. The van der Waals surface area contributed by atoms with Gasteiger partial charge in [0.15, 0.2) is 0 Å². The minimum absolute atomic E-state index is 0.0461. The van der Waals surface area contributed by atoms with Crippen LogP contribution in [-0.4, -0.2) is 57.0 Å². The summed E-state index contributed by atoms with van der Waals surface area (Å²) in [6.07, 6.45) is 2.05.